The van der Waals surface area contributed by atoms with Gasteiger partial charge >= 0.3 is 0 Å². The molecule has 0 aliphatic heterocycles. The Hall–Kier alpha value is -1.33. The normalized spacial score (nSPS) is 14.7. The molecular formula is C12H22N4O. The van der Waals surface area contributed by atoms with Crippen molar-refractivity contribution in [3.8, 4) is 0 Å². The van der Waals surface area contributed by atoms with Crippen molar-refractivity contribution in [2.45, 2.75) is 19.4 Å². The van der Waals surface area contributed by atoms with Crippen LogP contribution in [-0.4, -0.2) is 47.8 Å². The number of rotatable bonds is 5. The molecule has 17 heavy (non-hydrogen) atoms. The summed E-state index contributed by atoms with van der Waals surface area (Å²) < 4.78 is 0. The Morgan fingerprint density at radius 1 is 1.53 bits per heavy atom. The van der Waals surface area contributed by atoms with Gasteiger partial charge < -0.3 is 21.1 Å². The van der Waals surface area contributed by atoms with E-state index in [9.17, 15) is 5.11 Å². The van der Waals surface area contributed by atoms with Gasteiger partial charge in [-0.2, -0.15) is 0 Å². The first kappa shape index (κ1) is 13.7. The van der Waals surface area contributed by atoms with Crippen molar-refractivity contribution in [1.82, 2.24) is 9.88 Å². The predicted octanol–water partition coefficient (Wildman–Crippen LogP) is 0.697. The first-order valence-electron chi connectivity index (χ1n) is 5.63. The molecule has 5 heteroatoms. The second-order valence-corrected chi connectivity index (χ2v) is 5.02. The Labute approximate surface area is 103 Å². The standard InChI is InChI=1S/C12H22N4O/c1-9-5-10(13)6-14-11(9)15-7-12(2,17)8-16(3)4/h5-6,17H,7-8,13H2,1-4H3,(H,14,15). The minimum atomic E-state index is -0.793. The average Bonchev–Trinajstić information content (AvgIpc) is 2.14. The van der Waals surface area contributed by atoms with Crippen LogP contribution in [0.2, 0.25) is 0 Å². The summed E-state index contributed by atoms with van der Waals surface area (Å²) in [4.78, 5) is 6.15. The van der Waals surface area contributed by atoms with E-state index in [1.165, 1.54) is 0 Å². The largest absolute Gasteiger partial charge is 0.397 e. The molecule has 1 aromatic heterocycles. The molecule has 4 N–H and O–H groups in total. The Balaban J connectivity index is 2.61. The van der Waals surface area contributed by atoms with Gasteiger partial charge in [0, 0.05) is 13.1 Å². The number of likely N-dealkylation sites (N-methyl/N-ethyl adjacent to an activating group) is 1. The van der Waals surface area contributed by atoms with Crippen LogP contribution in [0, 0.1) is 6.92 Å². The zero-order chi connectivity index (χ0) is 13.1. The van der Waals surface area contributed by atoms with E-state index in [1.54, 1.807) is 13.1 Å². The number of hydrogen-bond acceptors (Lipinski definition) is 5. The van der Waals surface area contributed by atoms with Crippen molar-refractivity contribution < 1.29 is 5.11 Å². The summed E-state index contributed by atoms with van der Waals surface area (Å²) in [7, 11) is 3.86. The quantitative estimate of drug-likeness (QED) is 0.704. The van der Waals surface area contributed by atoms with Crippen LogP contribution >= 0.6 is 0 Å². The van der Waals surface area contributed by atoms with Gasteiger partial charge in [0.15, 0.2) is 0 Å². The number of pyridine rings is 1. The van der Waals surface area contributed by atoms with Crippen LogP contribution in [0.5, 0.6) is 0 Å². The molecule has 1 rings (SSSR count). The summed E-state index contributed by atoms with van der Waals surface area (Å²) in [6.45, 7) is 4.77. The maximum Gasteiger partial charge on any atom is 0.129 e. The van der Waals surface area contributed by atoms with Crippen molar-refractivity contribution in [2.24, 2.45) is 0 Å². The summed E-state index contributed by atoms with van der Waals surface area (Å²) in [6.07, 6.45) is 1.61. The molecule has 0 spiro atoms. The fourth-order valence-electron chi connectivity index (χ4n) is 1.79. The first-order chi connectivity index (χ1) is 7.80. The molecule has 0 aliphatic rings. The second-order valence-electron chi connectivity index (χ2n) is 5.02. The lowest BCUT2D eigenvalue weighted by molar-refractivity contribution is 0.0459. The van der Waals surface area contributed by atoms with E-state index in [4.69, 9.17) is 5.73 Å². The van der Waals surface area contributed by atoms with Crippen LogP contribution in [0.3, 0.4) is 0 Å². The molecule has 0 saturated carbocycles. The average molecular weight is 238 g/mol. The molecule has 5 nitrogen and oxygen atoms in total. The number of aliphatic hydroxyl groups is 1. The predicted molar refractivity (Wildman–Crippen MR) is 71.1 cm³/mol. The van der Waals surface area contributed by atoms with Crippen LogP contribution in [0.15, 0.2) is 12.3 Å². The number of aryl methyl sites for hydroxylation is 1. The van der Waals surface area contributed by atoms with Crippen LogP contribution in [0.25, 0.3) is 0 Å². The van der Waals surface area contributed by atoms with Gasteiger partial charge in [0.05, 0.1) is 17.5 Å². The van der Waals surface area contributed by atoms with Crippen molar-refractivity contribution >= 4 is 11.5 Å². The molecule has 0 radical (unpaired) electrons. The molecule has 1 unspecified atom stereocenters. The Morgan fingerprint density at radius 3 is 2.71 bits per heavy atom. The molecule has 0 bridgehead atoms. The highest BCUT2D eigenvalue weighted by Crippen LogP contribution is 2.15. The highest BCUT2D eigenvalue weighted by atomic mass is 16.3. The van der Waals surface area contributed by atoms with E-state index in [1.807, 2.05) is 32.0 Å². The van der Waals surface area contributed by atoms with Crippen molar-refractivity contribution in [1.29, 1.82) is 0 Å². The maximum absolute atomic E-state index is 10.1. The molecule has 1 atom stereocenters. The Kier molecular flexibility index (Phi) is 4.31. The maximum atomic E-state index is 10.1. The van der Waals surface area contributed by atoms with Crippen LogP contribution in [-0.2, 0) is 0 Å². The fraction of sp³-hybridized carbons (Fsp3) is 0.583. The number of nitrogens with zero attached hydrogens (tertiary/aromatic N) is 2. The van der Waals surface area contributed by atoms with Crippen molar-refractivity contribution in [2.75, 3.05) is 38.2 Å². The van der Waals surface area contributed by atoms with Crippen molar-refractivity contribution in [3.05, 3.63) is 17.8 Å². The summed E-state index contributed by atoms with van der Waals surface area (Å²) in [5.74, 6) is 0.762. The van der Waals surface area contributed by atoms with E-state index >= 15 is 0 Å². The molecule has 0 fully saturated rings. The van der Waals surface area contributed by atoms with Crippen molar-refractivity contribution in [3.63, 3.8) is 0 Å². The molecule has 96 valence electrons. The van der Waals surface area contributed by atoms with E-state index in [-0.39, 0.29) is 0 Å². The minimum absolute atomic E-state index is 0.447. The van der Waals surface area contributed by atoms with E-state index < -0.39 is 5.60 Å². The van der Waals surface area contributed by atoms with E-state index in [0.717, 1.165) is 11.4 Å². The van der Waals surface area contributed by atoms with Gasteiger partial charge in [-0.05, 0) is 39.6 Å². The second kappa shape index (κ2) is 5.33. The summed E-state index contributed by atoms with van der Waals surface area (Å²) in [6, 6.07) is 1.86. The van der Waals surface area contributed by atoms with Gasteiger partial charge in [0.25, 0.3) is 0 Å². The Morgan fingerprint density at radius 2 is 2.18 bits per heavy atom. The lowest BCUT2D eigenvalue weighted by atomic mass is 10.1. The third-order valence-corrected chi connectivity index (χ3v) is 2.39. The third-order valence-electron chi connectivity index (χ3n) is 2.39. The highest BCUT2D eigenvalue weighted by Gasteiger charge is 2.21. The number of nitrogens with two attached hydrogens (primary N) is 1. The van der Waals surface area contributed by atoms with Crippen LogP contribution in [0.1, 0.15) is 12.5 Å². The summed E-state index contributed by atoms with van der Waals surface area (Å²) in [5, 5.41) is 13.3. The molecule has 0 aromatic carbocycles. The molecule has 1 heterocycles. The van der Waals surface area contributed by atoms with Gasteiger partial charge in [-0.15, -0.1) is 0 Å². The topological polar surface area (TPSA) is 74.4 Å². The van der Waals surface area contributed by atoms with Gasteiger partial charge in [-0.25, -0.2) is 4.98 Å². The van der Waals surface area contributed by atoms with Gasteiger partial charge in [-0.3, -0.25) is 0 Å². The lowest BCUT2D eigenvalue weighted by Gasteiger charge is -2.27. The lowest BCUT2D eigenvalue weighted by Crippen LogP contribution is -2.43. The van der Waals surface area contributed by atoms with E-state index in [0.29, 0.717) is 18.8 Å². The monoisotopic (exact) mass is 238 g/mol. The smallest absolute Gasteiger partial charge is 0.129 e. The summed E-state index contributed by atoms with van der Waals surface area (Å²) >= 11 is 0. The highest BCUT2D eigenvalue weighted by molar-refractivity contribution is 5.50. The zero-order valence-corrected chi connectivity index (χ0v) is 11.0. The number of hydrogen-bond donors (Lipinski definition) is 3. The molecule has 0 aliphatic carbocycles. The number of nitrogen functional groups attached to an aromatic ring is 1. The third kappa shape index (κ3) is 4.58. The fourth-order valence-corrected chi connectivity index (χ4v) is 1.79. The zero-order valence-electron chi connectivity index (χ0n) is 11.0. The first-order valence-corrected chi connectivity index (χ1v) is 5.63. The molecule has 0 amide bonds. The number of aromatic nitrogens is 1. The Bertz CT molecular complexity index is 377. The van der Waals surface area contributed by atoms with Crippen LogP contribution < -0.4 is 11.1 Å². The number of anilines is 2. The SMILES string of the molecule is Cc1cc(N)cnc1NCC(C)(O)CN(C)C. The minimum Gasteiger partial charge on any atom is -0.397 e. The number of nitrogens with one attached hydrogen (secondary N) is 1. The van der Waals surface area contributed by atoms with Crippen LogP contribution in [0.4, 0.5) is 11.5 Å². The molecular weight excluding hydrogens is 216 g/mol. The van der Waals surface area contributed by atoms with Gasteiger partial charge in [0.1, 0.15) is 5.82 Å². The van der Waals surface area contributed by atoms with Gasteiger partial charge in [0.2, 0.25) is 0 Å². The van der Waals surface area contributed by atoms with Gasteiger partial charge in [-0.1, -0.05) is 0 Å². The molecule has 1 aromatic rings. The summed E-state index contributed by atoms with van der Waals surface area (Å²) in [5.41, 5.74) is 6.46. The molecule has 0 saturated heterocycles. The van der Waals surface area contributed by atoms with E-state index in [2.05, 4.69) is 10.3 Å².